The van der Waals surface area contributed by atoms with Crippen molar-refractivity contribution in [1.82, 2.24) is 10.2 Å². The maximum absolute atomic E-state index is 12.9. The lowest BCUT2D eigenvalue weighted by atomic mass is 10.1. The number of piperidine rings is 2. The molecule has 5 heteroatoms. The number of ether oxygens (including phenoxy) is 1. The van der Waals surface area contributed by atoms with Gasteiger partial charge in [0.25, 0.3) is 5.92 Å². The Bertz CT molecular complexity index is 223. The molecule has 3 nitrogen and oxygen atoms in total. The van der Waals surface area contributed by atoms with Crippen molar-refractivity contribution in [2.75, 3.05) is 39.3 Å². The summed E-state index contributed by atoms with van der Waals surface area (Å²) in [5.41, 5.74) is 0. The summed E-state index contributed by atoms with van der Waals surface area (Å²) in [6.07, 6.45) is 2.50. The highest BCUT2D eigenvalue weighted by Gasteiger charge is 2.33. The molecule has 1 N–H and O–H groups in total. The van der Waals surface area contributed by atoms with Crippen molar-refractivity contribution in [2.45, 2.75) is 37.7 Å². The smallest absolute Gasteiger partial charge is 0.250 e. The van der Waals surface area contributed by atoms with E-state index in [1.165, 1.54) is 0 Å². The first-order valence-electron chi connectivity index (χ1n) is 6.58. The van der Waals surface area contributed by atoms with E-state index in [1.807, 2.05) is 0 Å². The number of nitrogens with one attached hydrogen (secondary N) is 1. The maximum atomic E-state index is 12.9. The summed E-state index contributed by atoms with van der Waals surface area (Å²) in [5, 5.41) is 3.29. The zero-order valence-electron chi connectivity index (χ0n) is 10.3. The summed E-state index contributed by atoms with van der Waals surface area (Å²) >= 11 is 0. The first-order chi connectivity index (χ1) is 8.16. The van der Waals surface area contributed by atoms with Crippen LogP contribution in [0.3, 0.4) is 0 Å². The Morgan fingerprint density at radius 2 is 1.82 bits per heavy atom. The van der Waals surface area contributed by atoms with Gasteiger partial charge < -0.3 is 15.0 Å². The lowest BCUT2D eigenvalue weighted by Gasteiger charge is -2.32. The second kappa shape index (κ2) is 6.07. The summed E-state index contributed by atoms with van der Waals surface area (Å²) < 4.78 is 31.6. The molecule has 0 aromatic heterocycles. The van der Waals surface area contributed by atoms with Gasteiger partial charge in [-0.3, -0.25) is 0 Å². The molecule has 2 fully saturated rings. The highest BCUT2D eigenvalue weighted by Crippen LogP contribution is 2.27. The van der Waals surface area contributed by atoms with E-state index >= 15 is 0 Å². The molecule has 0 saturated carbocycles. The molecule has 0 unspecified atom stereocenters. The molecule has 2 saturated heterocycles. The minimum atomic E-state index is -2.44. The van der Waals surface area contributed by atoms with Gasteiger partial charge >= 0.3 is 0 Å². The van der Waals surface area contributed by atoms with Crippen molar-refractivity contribution < 1.29 is 13.5 Å². The van der Waals surface area contributed by atoms with Crippen molar-refractivity contribution >= 4 is 0 Å². The van der Waals surface area contributed by atoms with Gasteiger partial charge in [-0.15, -0.1) is 0 Å². The van der Waals surface area contributed by atoms with Gasteiger partial charge in [0.1, 0.15) is 0 Å². The van der Waals surface area contributed by atoms with Crippen LogP contribution in [-0.2, 0) is 4.74 Å². The van der Waals surface area contributed by atoms with E-state index < -0.39 is 5.92 Å². The molecule has 0 aromatic rings. The van der Waals surface area contributed by atoms with Crippen LogP contribution in [0, 0.1) is 0 Å². The van der Waals surface area contributed by atoms with Crippen LogP contribution in [0.2, 0.25) is 0 Å². The Kier molecular flexibility index (Phi) is 4.70. The average molecular weight is 248 g/mol. The molecule has 0 amide bonds. The van der Waals surface area contributed by atoms with Crippen LogP contribution in [0.1, 0.15) is 25.7 Å². The van der Waals surface area contributed by atoms with Gasteiger partial charge in [0.2, 0.25) is 0 Å². The number of hydrogen-bond acceptors (Lipinski definition) is 3. The fourth-order valence-corrected chi connectivity index (χ4v) is 2.41. The molecular formula is C12H22F2N2O. The van der Waals surface area contributed by atoms with Crippen molar-refractivity contribution in [3.05, 3.63) is 0 Å². The summed E-state index contributed by atoms with van der Waals surface area (Å²) in [6.45, 7) is 4.53. The van der Waals surface area contributed by atoms with Crippen molar-refractivity contribution in [1.29, 1.82) is 0 Å². The number of halogens is 2. The fourth-order valence-electron chi connectivity index (χ4n) is 2.41. The van der Waals surface area contributed by atoms with E-state index in [2.05, 4.69) is 10.2 Å². The molecule has 0 aliphatic carbocycles. The topological polar surface area (TPSA) is 24.5 Å². The van der Waals surface area contributed by atoms with Crippen molar-refractivity contribution in [3.63, 3.8) is 0 Å². The molecule has 0 radical (unpaired) electrons. The molecule has 2 rings (SSSR count). The van der Waals surface area contributed by atoms with Gasteiger partial charge in [0.15, 0.2) is 0 Å². The zero-order chi connectivity index (χ0) is 12.1. The SMILES string of the molecule is FC1(F)CCN(CCOC2CCNCC2)CC1. The van der Waals surface area contributed by atoms with Crippen LogP contribution in [-0.4, -0.2) is 56.3 Å². The number of hydrogen-bond donors (Lipinski definition) is 1. The van der Waals surface area contributed by atoms with Crippen molar-refractivity contribution in [2.24, 2.45) is 0 Å². The first-order valence-corrected chi connectivity index (χ1v) is 6.58. The summed E-state index contributed by atoms with van der Waals surface area (Å²) in [5.74, 6) is -2.44. The van der Waals surface area contributed by atoms with E-state index in [0.717, 1.165) is 32.5 Å². The van der Waals surface area contributed by atoms with Crippen LogP contribution < -0.4 is 5.32 Å². The Labute approximate surface area is 101 Å². The Balaban J connectivity index is 1.56. The van der Waals surface area contributed by atoms with Gasteiger partial charge in [-0.05, 0) is 25.9 Å². The van der Waals surface area contributed by atoms with Gasteiger partial charge in [-0.2, -0.15) is 0 Å². The largest absolute Gasteiger partial charge is 0.377 e. The monoisotopic (exact) mass is 248 g/mol. The predicted molar refractivity (Wildman–Crippen MR) is 62.5 cm³/mol. The zero-order valence-corrected chi connectivity index (χ0v) is 10.3. The Hall–Kier alpha value is -0.260. The van der Waals surface area contributed by atoms with Gasteiger partial charge in [0.05, 0.1) is 12.7 Å². The molecule has 0 spiro atoms. The van der Waals surface area contributed by atoms with Gasteiger partial charge in [-0.1, -0.05) is 0 Å². The Morgan fingerprint density at radius 3 is 2.47 bits per heavy atom. The summed E-state index contributed by atoms with van der Waals surface area (Å²) in [7, 11) is 0. The molecule has 2 heterocycles. The summed E-state index contributed by atoms with van der Waals surface area (Å²) in [4.78, 5) is 2.08. The molecule has 17 heavy (non-hydrogen) atoms. The molecular weight excluding hydrogens is 226 g/mol. The van der Waals surface area contributed by atoms with Crippen LogP contribution in [0.4, 0.5) is 8.78 Å². The van der Waals surface area contributed by atoms with E-state index in [0.29, 0.717) is 25.8 Å². The van der Waals surface area contributed by atoms with Crippen LogP contribution >= 0.6 is 0 Å². The van der Waals surface area contributed by atoms with E-state index in [4.69, 9.17) is 4.74 Å². The van der Waals surface area contributed by atoms with E-state index in [1.54, 1.807) is 0 Å². The lowest BCUT2D eigenvalue weighted by molar-refractivity contribution is -0.0621. The first kappa shape index (κ1) is 13.2. The molecule has 2 aliphatic rings. The van der Waals surface area contributed by atoms with Crippen LogP contribution in [0.15, 0.2) is 0 Å². The lowest BCUT2D eigenvalue weighted by Crippen LogP contribution is -2.41. The molecule has 0 atom stereocenters. The minimum Gasteiger partial charge on any atom is -0.377 e. The van der Waals surface area contributed by atoms with Gasteiger partial charge in [0, 0.05) is 32.5 Å². The molecule has 0 aromatic carbocycles. The van der Waals surface area contributed by atoms with Crippen LogP contribution in [0.25, 0.3) is 0 Å². The standard InChI is InChI=1S/C12H22F2N2O/c13-12(14)3-7-16(8-4-12)9-10-17-11-1-5-15-6-2-11/h11,15H,1-10H2. The second-order valence-electron chi connectivity index (χ2n) is 5.02. The van der Waals surface area contributed by atoms with E-state index in [-0.39, 0.29) is 12.8 Å². The highest BCUT2D eigenvalue weighted by molar-refractivity contribution is 4.77. The number of rotatable bonds is 4. The molecule has 100 valence electrons. The normalized spacial score (nSPS) is 27.2. The van der Waals surface area contributed by atoms with Crippen molar-refractivity contribution in [3.8, 4) is 0 Å². The number of nitrogens with zero attached hydrogens (tertiary/aromatic N) is 1. The fraction of sp³-hybridized carbons (Fsp3) is 1.00. The minimum absolute atomic E-state index is 0.000346. The molecule has 2 aliphatic heterocycles. The summed E-state index contributed by atoms with van der Waals surface area (Å²) in [6, 6.07) is 0. The second-order valence-corrected chi connectivity index (χ2v) is 5.02. The maximum Gasteiger partial charge on any atom is 0.250 e. The average Bonchev–Trinajstić information content (AvgIpc) is 2.33. The third-order valence-electron chi connectivity index (χ3n) is 3.63. The van der Waals surface area contributed by atoms with Gasteiger partial charge in [-0.25, -0.2) is 8.78 Å². The van der Waals surface area contributed by atoms with Crippen LogP contribution in [0.5, 0.6) is 0 Å². The third-order valence-corrected chi connectivity index (χ3v) is 3.63. The quantitative estimate of drug-likeness (QED) is 0.815. The predicted octanol–water partition coefficient (Wildman–Crippen LogP) is 1.49. The van der Waals surface area contributed by atoms with E-state index in [9.17, 15) is 8.78 Å². The molecule has 0 bridgehead atoms. The third kappa shape index (κ3) is 4.48. The number of likely N-dealkylation sites (tertiary alicyclic amines) is 1. The highest BCUT2D eigenvalue weighted by atomic mass is 19.3. The Morgan fingerprint density at radius 1 is 1.18 bits per heavy atom. The number of alkyl halides is 2.